The minimum atomic E-state index is -0.325. The molecule has 0 saturated carbocycles. The van der Waals surface area contributed by atoms with Crippen LogP contribution in [0.15, 0.2) is 0 Å². The minimum absolute atomic E-state index is 0.258. The van der Waals surface area contributed by atoms with Gasteiger partial charge in [-0.15, -0.1) is 0 Å². The van der Waals surface area contributed by atoms with Crippen molar-refractivity contribution in [2.24, 2.45) is 5.92 Å². The van der Waals surface area contributed by atoms with E-state index in [0.717, 1.165) is 5.92 Å². The fourth-order valence-corrected chi connectivity index (χ4v) is 14.0. The smallest absolute Gasteiger partial charge is 0.0399 e. The van der Waals surface area contributed by atoms with Crippen molar-refractivity contribution in [2.45, 2.75) is 94.1 Å². The maximum atomic E-state index is 3.62. The van der Waals surface area contributed by atoms with Gasteiger partial charge in [-0.05, 0) is 17.9 Å². The van der Waals surface area contributed by atoms with Crippen LogP contribution in [0.25, 0.3) is 0 Å². The Morgan fingerprint density at radius 3 is 2.25 bits per heavy atom. The second-order valence-corrected chi connectivity index (χ2v) is 15.4. The quantitative estimate of drug-likeness (QED) is 0.291. The van der Waals surface area contributed by atoms with Crippen molar-refractivity contribution < 1.29 is 0 Å². The summed E-state index contributed by atoms with van der Waals surface area (Å²) in [5.41, 5.74) is 1.27. The van der Waals surface area contributed by atoms with E-state index in [0.29, 0.717) is 0 Å². The Morgan fingerprint density at radius 2 is 1.65 bits per heavy atom. The van der Waals surface area contributed by atoms with Gasteiger partial charge < -0.3 is 0 Å². The van der Waals surface area contributed by atoms with Crippen molar-refractivity contribution in [1.82, 2.24) is 0 Å². The van der Waals surface area contributed by atoms with Crippen LogP contribution in [0.2, 0.25) is 35.8 Å². The first kappa shape index (κ1) is 17.3. The Balaban J connectivity index is 1.62. The number of rotatable bonds is 7. The largest absolute Gasteiger partial charge is 0.0928 e. The van der Waals surface area contributed by atoms with Gasteiger partial charge in [-0.3, -0.25) is 0 Å². The molecule has 0 spiro atoms. The lowest BCUT2D eigenvalue weighted by Crippen LogP contribution is -2.31. The molecule has 2 rings (SSSR count). The molecule has 2 aliphatic heterocycles. The van der Waals surface area contributed by atoms with Gasteiger partial charge in [-0.1, -0.05) is 98.0 Å². The lowest BCUT2D eigenvalue weighted by atomic mass is 10.0. The highest BCUT2D eigenvalue weighted by atomic mass is 79.9. The van der Waals surface area contributed by atoms with Crippen LogP contribution in [-0.4, -0.2) is 22.9 Å². The topological polar surface area (TPSA) is 0 Å². The van der Waals surface area contributed by atoms with Crippen LogP contribution >= 0.6 is 15.9 Å². The molecule has 0 unspecified atom stereocenters. The van der Waals surface area contributed by atoms with E-state index in [1.165, 1.54) is 30.1 Å². The van der Waals surface area contributed by atoms with Gasteiger partial charge in [0.1, 0.15) is 0 Å². The molecular weight excluding hydrogens is 340 g/mol. The van der Waals surface area contributed by atoms with Crippen LogP contribution in [0.3, 0.4) is 0 Å². The summed E-state index contributed by atoms with van der Waals surface area (Å²) in [5.74, 6) is 1.08. The molecule has 20 heavy (non-hydrogen) atoms. The number of unbranched alkanes of at least 4 members (excludes halogenated alkanes) is 2. The molecule has 2 heterocycles. The molecule has 0 radical (unpaired) electrons. The van der Waals surface area contributed by atoms with Crippen LogP contribution in [0.4, 0.5) is 0 Å². The third-order valence-corrected chi connectivity index (χ3v) is 14.3. The van der Waals surface area contributed by atoms with Gasteiger partial charge in [0.05, 0.1) is 0 Å². The van der Waals surface area contributed by atoms with E-state index in [1.54, 1.807) is 62.3 Å². The van der Waals surface area contributed by atoms with Crippen LogP contribution < -0.4 is 0 Å². The maximum absolute atomic E-state index is 3.62. The molecule has 2 saturated heterocycles. The van der Waals surface area contributed by atoms with Gasteiger partial charge in [0.25, 0.3) is 0 Å². The van der Waals surface area contributed by atoms with Gasteiger partial charge in [-0.25, -0.2) is 0 Å². The Morgan fingerprint density at radius 1 is 0.950 bits per heavy atom. The Labute approximate surface area is 138 Å². The van der Waals surface area contributed by atoms with Crippen LogP contribution in [-0.2, 0) is 0 Å². The highest BCUT2D eigenvalue weighted by molar-refractivity contribution is 9.09. The molecule has 0 bridgehead atoms. The standard InChI is InChI=1S/C17H35BrSi2/c1-2-3-4-11-19-12-8-17(9-13-19)20-14-6-16(5-10-18)7-15-20/h16-17,19-20H,2-15H2,1H3/t16-,17-,19-,20-. The second-order valence-electron chi connectivity index (χ2n) is 7.54. The molecule has 0 atom stereocenters. The molecule has 3 heteroatoms. The lowest BCUT2D eigenvalue weighted by molar-refractivity contribution is 0.455. The molecule has 0 nitrogen and oxygen atoms in total. The first-order valence-electron chi connectivity index (χ1n) is 9.39. The maximum Gasteiger partial charge on any atom is 0.0399 e. The number of halogens is 1. The average Bonchev–Trinajstić information content (AvgIpc) is 2.49. The monoisotopic (exact) mass is 374 g/mol. The van der Waals surface area contributed by atoms with E-state index in [-0.39, 0.29) is 17.6 Å². The van der Waals surface area contributed by atoms with Crippen molar-refractivity contribution in [3.63, 3.8) is 0 Å². The van der Waals surface area contributed by atoms with Crippen molar-refractivity contribution in [1.29, 1.82) is 0 Å². The van der Waals surface area contributed by atoms with E-state index in [9.17, 15) is 0 Å². The fourth-order valence-electron chi connectivity index (χ4n) is 4.73. The SMILES string of the molecule is CCCCC[Si@H]1CC[C@H]([Si@H]2CC[C@H](CCBr)CC2)CC1. The summed E-state index contributed by atoms with van der Waals surface area (Å²) in [6.07, 6.45) is 12.5. The number of hydrogen-bond acceptors (Lipinski definition) is 0. The lowest BCUT2D eigenvalue weighted by Gasteiger charge is -2.36. The number of alkyl halides is 1. The third kappa shape index (κ3) is 5.60. The van der Waals surface area contributed by atoms with E-state index in [4.69, 9.17) is 0 Å². The summed E-state index contributed by atoms with van der Waals surface area (Å²) in [4.78, 5) is 0. The summed E-state index contributed by atoms with van der Waals surface area (Å²) in [5, 5.41) is 1.23. The minimum Gasteiger partial charge on any atom is -0.0928 e. The third-order valence-electron chi connectivity index (χ3n) is 6.18. The summed E-state index contributed by atoms with van der Waals surface area (Å²) < 4.78 is 0. The average molecular weight is 376 g/mol. The molecule has 0 N–H and O–H groups in total. The van der Waals surface area contributed by atoms with Gasteiger partial charge in [0.2, 0.25) is 0 Å². The molecule has 2 fully saturated rings. The van der Waals surface area contributed by atoms with Crippen LogP contribution in [0.5, 0.6) is 0 Å². The van der Waals surface area contributed by atoms with E-state index >= 15 is 0 Å². The van der Waals surface area contributed by atoms with Crippen molar-refractivity contribution in [2.75, 3.05) is 5.33 Å². The summed E-state index contributed by atoms with van der Waals surface area (Å²) in [6, 6.07) is 8.53. The van der Waals surface area contributed by atoms with Crippen molar-refractivity contribution >= 4 is 33.5 Å². The Bertz CT molecular complexity index is 243. The van der Waals surface area contributed by atoms with Gasteiger partial charge >= 0.3 is 0 Å². The summed E-state index contributed by atoms with van der Waals surface area (Å²) >= 11 is 3.62. The normalized spacial score (nSPS) is 35.1. The summed E-state index contributed by atoms with van der Waals surface area (Å²) in [6.45, 7) is 2.34. The number of hydrogen-bond donors (Lipinski definition) is 0. The predicted molar refractivity (Wildman–Crippen MR) is 102 cm³/mol. The molecule has 0 aliphatic carbocycles. The Hall–Kier alpha value is 0.914. The zero-order chi connectivity index (χ0) is 14.2. The van der Waals surface area contributed by atoms with Crippen LogP contribution in [0.1, 0.15) is 58.3 Å². The highest BCUT2D eigenvalue weighted by Gasteiger charge is 2.31. The zero-order valence-corrected chi connectivity index (χ0v) is 17.5. The molecule has 118 valence electrons. The Kier molecular flexibility index (Phi) is 8.49. The van der Waals surface area contributed by atoms with E-state index in [1.807, 2.05) is 0 Å². The van der Waals surface area contributed by atoms with E-state index in [2.05, 4.69) is 22.9 Å². The highest BCUT2D eigenvalue weighted by Crippen LogP contribution is 2.41. The van der Waals surface area contributed by atoms with Gasteiger partial charge in [-0.2, -0.15) is 0 Å². The molecule has 2 aliphatic rings. The second kappa shape index (κ2) is 9.83. The molecule has 0 aromatic heterocycles. The first-order valence-corrected chi connectivity index (χ1v) is 15.3. The molecule has 0 aromatic rings. The van der Waals surface area contributed by atoms with Gasteiger partial charge in [0, 0.05) is 22.9 Å². The molecular formula is C17H35BrSi2. The predicted octanol–water partition coefficient (Wildman–Crippen LogP) is 5.99. The van der Waals surface area contributed by atoms with E-state index < -0.39 is 0 Å². The summed E-state index contributed by atoms with van der Waals surface area (Å²) in [7, 11) is -0.583. The van der Waals surface area contributed by atoms with Crippen molar-refractivity contribution in [3.8, 4) is 0 Å². The van der Waals surface area contributed by atoms with Crippen molar-refractivity contribution in [3.05, 3.63) is 0 Å². The molecule has 0 aromatic carbocycles. The first-order chi connectivity index (χ1) is 9.83. The fraction of sp³-hybridized carbons (Fsp3) is 1.00. The molecule has 0 amide bonds. The zero-order valence-electron chi connectivity index (χ0n) is 13.6. The van der Waals surface area contributed by atoms with Gasteiger partial charge in [0.15, 0.2) is 0 Å². The van der Waals surface area contributed by atoms with Crippen LogP contribution in [0, 0.1) is 5.92 Å².